The fraction of sp³-hybridized carbons (Fsp3) is 0.562. The molecule has 0 saturated heterocycles. The molecule has 1 aromatic carbocycles. The lowest BCUT2D eigenvalue weighted by Gasteiger charge is -2.23. The second-order valence-electron chi connectivity index (χ2n) is 4.94. The van der Waals surface area contributed by atoms with E-state index in [2.05, 4.69) is 0 Å². The van der Waals surface area contributed by atoms with Crippen LogP contribution in [-0.4, -0.2) is 29.9 Å². The third-order valence-electron chi connectivity index (χ3n) is 2.90. The molecule has 3 atom stereocenters. The Labute approximate surface area is 120 Å². The Bertz CT molecular complexity index is 389. The van der Waals surface area contributed by atoms with Crippen LogP contribution in [0.5, 0.6) is 0 Å². The van der Waals surface area contributed by atoms with Gasteiger partial charge in [-0.25, -0.2) is 0 Å². The van der Waals surface area contributed by atoms with Gasteiger partial charge in [-0.3, -0.25) is 4.79 Å². The molecule has 0 heterocycles. The van der Waals surface area contributed by atoms with Crippen molar-refractivity contribution in [2.45, 2.75) is 51.9 Å². The molecule has 0 saturated carbocycles. The van der Waals surface area contributed by atoms with Crippen molar-refractivity contribution >= 4 is 5.97 Å². The maximum Gasteiger partial charge on any atom is 0.308 e. The smallest absolute Gasteiger partial charge is 0.308 e. The Morgan fingerprint density at radius 2 is 1.90 bits per heavy atom. The third kappa shape index (κ3) is 6.17. The van der Waals surface area contributed by atoms with E-state index in [1.165, 1.54) is 0 Å². The number of rotatable bonds is 8. The number of carbonyl (C=O) groups is 1. The van der Waals surface area contributed by atoms with Crippen molar-refractivity contribution in [3.63, 3.8) is 0 Å². The number of carbonyl (C=O) groups excluding carboxylic acids is 1. The van der Waals surface area contributed by atoms with Crippen LogP contribution < -0.4 is 0 Å². The van der Waals surface area contributed by atoms with Crippen LogP contribution >= 0.6 is 0 Å². The molecule has 20 heavy (non-hydrogen) atoms. The van der Waals surface area contributed by atoms with E-state index in [0.29, 0.717) is 13.0 Å². The molecule has 4 heteroatoms. The van der Waals surface area contributed by atoms with Gasteiger partial charge >= 0.3 is 5.97 Å². The first-order valence-electron chi connectivity index (χ1n) is 7.07. The lowest BCUT2D eigenvalue weighted by molar-refractivity contribution is -0.147. The summed E-state index contributed by atoms with van der Waals surface area (Å²) in [5.74, 6) is -0.273. The molecule has 0 aliphatic heterocycles. The average molecular weight is 280 g/mol. The van der Waals surface area contributed by atoms with E-state index in [-0.39, 0.29) is 24.6 Å². The quantitative estimate of drug-likeness (QED) is 0.744. The summed E-state index contributed by atoms with van der Waals surface area (Å²) in [5.41, 5.74) is 0.943. The summed E-state index contributed by atoms with van der Waals surface area (Å²) in [4.78, 5) is 11.7. The van der Waals surface area contributed by atoms with Gasteiger partial charge in [0.15, 0.2) is 0 Å². The van der Waals surface area contributed by atoms with Crippen LogP contribution in [0.2, 0.25) is 0 Å². The highest BCUT2D eigenvalue weighted by Crippen LogP contribution is 2.24. The van der Waals surface area contributed by atoms with Crippen LogP contribution in [0.4, 0.5) is 0 Å². The van der Waals surface area contributed by atoms with Crippen molar-refractivity contribution < 1.29 is 19.4 Å². The molecule has 112 valence electrons. The van der Waals surface area contributed by atoms with E-state index < -0.39 is 6.10 Å². The minimum Gasteiger partial charge on any atom is -0.466 e. The minimum atomic E-state index is -0.427. The van der Waals surface area contributed by atoms with Gasteiger partial charge in [0.25, 0.3) is 0 Å². The SMILES string of the molecule is CCOC(=O)C[C@H](O[C@@H](C)C[C@@H](C)O)c1ccccc1. The van der Waals surface area contributed by atoms with Crippen LogP contribution in [-0.2, 0) is 14.3 Å². The molecule has 0 aliphatic rings. The normalized spacial score (nSPS) is 15.4. The summed E-state index contributed by atoms with van der Waals surface area (Å²) in [6, 6.07) is 9.61. The van der Waals surface area contributed by atoms with E-state index >= 15 is 0 Å². The van der Waals surface area contributed by atoms with Gasteiger partial charge in [0.2, 0.25) is 0 Å². The number of benzene rings is 1. The van der Waals surface area contributed by atoms with Crippen LogP contribution in [0.3, 0.4) is 0 Å². The molecule has 1 N–H and O–H groups in total. The first-order chi connectivity index (χ1) is 9.52. The van der Waals surface area contributed by atoms with Gasteiger partial charge in [-0.2, -0.15) is 0 Å². The van der Waals surface area contributed by atoms with E-state index in [1.54, 1.807) is 13.8 Å². The van der Waals surface area contributed by atoms with E-state index in [1.807, 2.05) is 37.3 Å². The van der Waals surface area contributed by atoms with Crippen molar-refractivity contribution in [1.29, 1.82) is 0 Å². The molecular formula is C16H24O4. The Hall–Kier alpha value is -1.39. The number of aliphatic hydroxyl groups excluding tert-OH is 1. The molecule has 1 aromatic rings. The van der Waals surface area contributed by atoms with Gasteiger partial charge in [-0.1, -0.05) is 30.3 Å². The topological polar surface area (TPSA) is 55.8 Å². The van der Waals surface area contributed by atoms with Gasteiger partial charge < -0.3 is 14.6 Å². The van der Waals surface area contributed by atoms with Crippen molar-refractivity contribution in [2.24, 2.45) is 0 Å². The van der Waals surface area contributed by atoms with Crippen LogP contribution in [0.15, 0.2) is 30.3 Å². The third-order valence-corrected chi connectivity index (χ3v) is 2.90. The molecule has 0 unspecified atom stereocenters. The molecular weight excluding hydrogens is 256 g/mol. The molecule has 4 nitrogen and oxygen atoms in total. The Balaban J connectivity index is 2.71. The monoisotopic (exact) mass is 280 g/mol. The van der Waals surface area contributed by atoms with Crippen molar-refractivity contribution in [2.75, 3.05) is 6.61 Å². The zero-order chi connectivity index (χ0) is 15.0. The van der Waals surface area contributed by atoms with Gasteiger partial charge in [0.1, 0.15) is 0 Å². The van der Waals surface area contributed by atoms with Gasteiger partial charge in [0.05, 0.1) is 31.3 Å². The lowest BCUT2D eigenvalue weighted by Crippen LogP contribution is -2.21. The maximum absolute atomic E-state index is 11.7. The van der Waals surface area contributed by atoms with E-state index in [0.717, 1.165) is 5.56 Å². The summed E-state index contributed by atoms with van der Waals surface area (Å²) >= 11 is 0. The zero-order valence-corrected chi connectivity index (χ0v) is 12.4. The van der Waals surface area contributed by atoms with E-state index in [9.17, 15) is 9.90 Å². The number of ether oxygens (including phenoxy) is 2. The Morgan fingerprint density at radius 1 is 1.25 bits per heavy atom. The van der Waals surface area contributed by atoms with Crippen LogP contribution in [0.1, 0.15) is 45.3 Å². The van der Waals surface area contributed by atoms with Crippen LogP contribution in [0.25, 0.3) is 0 Å². The van der Waals surface area contributed by atoms with E-state index in [4.69, 9.17) is 9.47 Å². The molecule has 1 rings (SSSR count). The van der Waals surface area contributed by atoms with Gasteiger partial charge in [-0.15, -0.1) is 0 Å². The predicted molar refractivity (Wildman–Crippen MR) is 77.3 cm³/mol. The number of hydrogen-bond acceptors (Lipinski definition) is 4. The number of esters is 1. The second kappa shape index (κ2) is 8.72. The summed E-state index contributed by atoms with van der Waals surface area (Å²) in [6.45, 7) is 5.77. The maximum atomic E-state index is 11.7. The minimum absolute atomic E-state index is 0.130. The highest BCUT2D eigenvalue weighted by molar-refractivity contribution is 5.70. The summed E-state index contributed by atoms with van der Waals surface area (Å²) in [7, 11) is 0. The molecule has 0 radical (unpaired) electrons. The highest BCUT2D eigenvalue weighted by atomic mass is 16.5. The molecule has 0 amide bonds. The van der Waals surface area contributed by atoms with Crippen molar-refractivity contribution in [3.05, 3.63) is 35.9 Å². The first kappa shape index (κ1) is 16.7. The molecule has 0 aromatic heterocycles. The first-order valence-corrected chi connectivity index (χ1v) is 7.07. The second-order valence-corrected chi connectivity index (χ2v) is 4.94. The Morgan fingerprint density at radius 3 is 2.45 bits per heavy atom. The summed E-state index contributed by atoms with van der Waals surface area (Å²) in [6.07, 6.45) is -0.184. The Kier molecular flexibility index (Phi) is 7.26. The standard InChI is InChI=1S/C16H24O4/c1-4-19-16(18)11-15(14-8-6-5-7-9-14)20-13(3)10-12(2)17/h5-9,12-13,15,17H,4,10-11H2,1-3H3/t12-,13+,15+/m1/s1. The van der Waals surface area contributed by atoms with Crippen molar-refractivity contribution in [1.82, 2.24) is 0 Å². The van der Waals surface area contributed by atoms with Gasteiger partial charge in [-0.05, 0) is 32.8 Å². The van der Waals surface area contributed by atoms with Gasteiger partial charge in [0, 0.05) is 0 Å². The molecule has 0 spiro atoms. The number of aliphatic hydroxyl groups is 1. The summed E-state index contributed by atoms with van der Waals surface area (Å²) in [5, 5.41) is 9.40. The largest absolute Gasteiger partial charge is 0.466 e. The lowest BCUT2D eigenvalue weighted by atomic mass is 10.1. The number of hydrogen-bond donors (Lipinski definition) is 1. The zero-order valence-electron chi connectivity index (χ0n) is 12.4. The van der Waals surface area contributed by atoms with Crippen LogP contribution in [0, 0.1) is 0 Å². The molecule has 0 bridgehead atoms. The highest BCUT2D eigenvalue weighted by Gasteiger charge is 2.20. The molecule has 0 fully saturated rings. The van der Waals surface area contributed by atoms with Crippen molar-refractivity contribution in [3.8, 4) is 0 Å². The summed E-state index contributed by atoms with van der Waals surface area (Å²) < 4.78 is 10.9. The fourth-order valence-corrected chi connectivity index (χ4v) is 2.10. The fourth-order valence-electron chi connectivity index (χ4n) is 2.10. The molecule has 0 aliphatic carbocycles. The average Bonchev–Trinajstić information content (AvgIpc) is 2.38. The predicted octanol–water partition coefficient (Wildman–Crippen LogP) is 2.86.